The van der Waals surface area contributed by atoms with Gasteiger partial charge >= 0.3 is 0 Å². The minimum Gasteiger partial charge on any atom is -0.396 e. The van der Waals surface area contributed by atoms with Crippen LogP contribution in [0.25, 0.3) is 0 Å². The second kappa shape index (κ2) is 5.66. The van der Waals surface area contributed by atoms with Crippen LogP contribution in [0.3, 0.4) is 0 Å². The van der Waals surface area contributed by atoms with Gasteiger partial charge in [-0.2, -0.15) is 11.8 Å². The summed E-state index contributed by atoms with van der Waals surface area (Å²) >= 11 is 1.89. The Balaban J connectivity index is 1.77. The summed E-state index contributed by atoms with van der Waals surface area (Å²) in [7, 11) is -1.20. The zero-order valence-electron chi connectivity index (χ0n) is 11.1. The van der Waals surface area contributed by atoms with Crippen LogP contribution < -0.4 is 5.73 Å². The number of rotatable bonds is 2. The molecule has 2 fully saturated rings. The summed E-state index contributed by atoms with van der Waals surface area (Å²) in [4.78, 5) is 0.532. The van der Waals surface area contributed by atoms with Crippen molar-refractivity contribution in [3.8, 4) is 0 Å². The molecule has 2 heterocycles. The van der Waals surface area contributed by atoms with Gasteiger partial charge in [-0.15, -0.1) is 0 Å². The molecule has 2 aliphatic heterocycles. The van der Waals surface area contributed by atoms with Gasteiger partial charge in [0.25, 0.3) is 0 Å². The Morgan fingerprint density at radius 1 is 1.50 bits per heavy atom. The first-order valence-electron chi connectivity index (χ1n) is 6.77. The van der Waals surface area contributed by atoms with Gasteiger partial charge in [-0.3, -0.25) is 4.21 Å². The van der Waals surface area contributed by atoms with Crippen molar-refractivity contribution in [3.05, 3.63) is 24.0 Å². The molecule has 3 atom stereocenters. The predicted octanol–water partition coefficient (Wildman–Crippen LogP) is 2.57. The van der Waals surface area contributed by atoms with Gasteiger partial charge < -0.3 is 10.5 Å². The molecule has 3 unspecified atom stereocenters. The van der Waals surface area contributed by atoms with Gasteiger partial charge in [0.05, 0.1) is 22.1 Å². The number of ether oxygens (including phenoxy) is 1. The Morgan fingerprint density at radius 3 is 3.05 bits per heavy atom. The van der Waals surface area contributed by atoms with Crippen molar-refractivity contribution in [1.29, 1.82) is 0 Å². The van der Waals surface area contributed by atoms with Crippen molar-refractivity contribution in [2.75, 3.05) is 23.8 Å². The van der Waals surface area contributed by atoms with E-state index in [1.54, 1.807) is 6.07 Å². The number of anilines is 1. The fraction of sp³-hybridized carbons (Fsp3) is 0.571. The number of benzene rings is 1. The molecule has 1 aromatic rings. The van der Waals surface area contributed by atoms with E-state index in [1.807, 2.05) is 11.8 Å². The standard InChI is InChI=1S/C14H18FNO2S2/c15-12-7-10(1-2-13(12)16)20(17)11-3-5-18-14(8-11)4-6-19-9-14/h1-2,7,11H,3-6,8-9,16H2. The fourth-order valence-corrected chi connectivity index (χ4v) is 5.80. The Kier molecular flexibility index (Phi) is 4.06. The van der Waals surface area contributed by atoms with Crippen molar-refractivity contribution in [1.82, 2.24) is 0 Å². The molecular weight excluding hydrogens is 297 g/mol. The normalized spacial score (nSPS) is 31.6. The predicted molar refractivity (Wildman–Crippen MR) is 80.9 cm³/mol. The summed E-state index contributed by atoms with van der Waals surface area (Å²) < 4.78 is 32.1. The highest BCUT2D eigenvalue weighted by Gasteiger charge is 2.42. The second-order valence-electron chi connectivity index (χ2n) is 5.43. The number of hydrogen-bond donors (Lipinski definition) is 1. The lowest BCUT2D eigenvalue weighted by Crippen LogP contribution is -2.43. The van der Waals surface area contributed by atoms with Gasteiger partial charge in [0.1, 0.15) is 5.82 Å². The van der Waals surface area contributed by atoms with E-state index in [-0.39, 0.29) is 16.5 Å². The lowest BCUT2D eigenvalue weighted by atomic mass is 9.93. The van der Waals surface area contributed by atoms with Crippen molar-refractivity contribution in [2.24, 2.45) is 0 Å². The Labute approximate surface area is 124 Å². The number of thioether (sulfide) groups is 1. The molecule has 6 heteroatoms. The van der Waals surface area contributed by atoms with Crippen molar-refractivity contribution in [3.63, 3.8) is 0 Å². The molecule has 1 aromatic carbocycles. The zero-order valence-corrected chi connectivity index (χ0v) is 12.8. The Hall–Kier alpha value is -0.590. The van der Waals surface area contributed by atoms with Crippen LogP contribution in [-0.2, 0) is 15.5 Å². The molecule has 110 valence electrons. The number of halogens is 1. The van der Waals surface area contributed by atoms with Gasteiger partial charge in [0.2, 0.25) is 0 Å². The van der Waals surface area contributed by atoms with Gasteiger partial charge in [-0.25, -0.2) is 4.39 Å². The highest BCUT2D eigenvalue weighted by molar-refractivity contribution is 7.99. The molecule has 0 saturated carbocycles. The van der Waals surface area contributed by atoms with E-state index in [0.717, 1.165) is 30.8 Å². The van der Waals surface area contributed by atoms with Crippen LogP contribution in [0.4, 0.5) is 10.1 Å². The van der Waals surface area contributed by atoms with Crippen molar-refractivity contribution < 1.29 is 13.3 Å². The maximum absolute atomic E-state index is 13.5. The number of nitrogens with two attached hydrogens (primary N) is 1. The van der Waals surface area contributed by atoms with Crippen LogP contribution in [0, 0.1) is 5.82 Å². The third-order valence-electron chi connectivity index (χ3n) is 4.02. The van der Waals surface area contributed by atoms with Crippen LogP contribution in [0.1, 0.15) is 19.3 Å². The van der Waals surface area contributed by atoms with Crippen LogP contribution in [0.5, 0.6) is 0 Å². The Bertz CT molecular complexity index is 532. The molecule has 0 bridgehead atoms. The Morgan fingerprint density at radius 2 is 2.35 bits per heavy atom. The van der Waals surface area contributed by atoms with E-state index >= 15 is 0 Å². The smallest absolute Gasteiger partial charge is 0.147 e. The minimum atomic E-state index is -1.20. The molecule has 2 saturated heterocycles. The molecule has 3 nitrogen and oxygen atoms in total. The van der Waals surface area contributed by atoms with Gasteiger partial charge in [0, 0.05) is 22.5 Å². The summed E-state index contributed by atoms with van der Waals surface area (Å²) in [6.45, 7) is 0.647. The van der Waals surface area contributed by atoms with Crippen molar-refractivity contribution in [2.45, 2.75) is 35.0 Å². The van der Waals surface area contributed by atoms with Gasteiger partial charge in [-0.1, -0.05) is 0 Å². The number of nitrogen functional groups attached to an aromatic ring is 1. The first kappa shape index (κ1) is 14.4. The SMILES string of the molecule is Nc1ccc(S(=O)C2CCOC3(CCSC3)C2)cc1F. The monoisotopic (exact) mass is 315 g/mol. The van der Waals surface area contributed by atoms with E-state index in [4.69, 9.17) is 10.5 Å². The summed E-state index contributed by atoms with van der Waals surface area (Å²) in [5, 5.41) is 0.0467. The maximum Gasteiger partial charge on any atom is 0.147 e. The zero-order chi connectivity index (χ0) is 14.2. The average Bonchev–Trinajstić information content (AvgIpc) is 2.89. The van der Waals surface area contributed by atoms with Crippen LogP contribution in [0.15, 0.2) is 23.1 Å². The summed E-state index contributed by atoms with van der Waals surface area (Å²) in [5.74, 6) is 1.60. The largest absolute Gasteiger partial charge is 0.396 e. The van der Waals surface area contributed by atoms with E-state index in [1.165, 1.54) is 12.1 Å². The number of hydrogen-bond acceptors (Lipinski definition) is 4. The molecule has 0 radical (unpaired) electrons. The molecular formula is C14H18FNO2S2. The highest BCUT2D eigenvalue weighted by atomic mass is 32.2. The van der Waals surface area contributed by atoms with E-state index < -0.39 is 16.6 Å². The fourth-order valence-electron chi connectivity index (χ4n) is 2.85. The molecule has 2 N–H and O–H groups in total. The topological polar surface area (TPSA) is 52.3 Å². The molecule has 20 heavy (non-hydrogen) atoms. The second-order valence-corrected chi connectivity index (χ2v) is 8.27. The minimum absolute atomic E-state index is 0.0467. The van der Waals surface area contributed by atoms with Crippen molar-refractivity contribution >= 4 is 28.2 Å². The third kappa shape index (κ3) is 2.73. The van der Waals surface area contributed by atoms with Gasteiger partial charge in [0.15, 0.2) is 0 Å². The average molecular weight is 315 g/mol. The lowest BCUT2D eigenvalue weighted by Gasteiger charge is -2.37. The van der Waals surface area contributed by atoms with E-state index in [2.05, 4.69) is 0 Å². The molecule has 0 aliphatic carbocycles. The lowest BCUT2D eigenvalue weighted by molar-refractivity contribution is -0.0567. The third-order valence-corrected chi connectivity index (χ3v) is 6.97. The molecule has 0 aromatic heterocycles. The summed E-state index contributed by atoms with van der Waals surface area (Å²) in [6, 6.07) is 4.46. The maximum atomic E-state index is 13.5. The molecule has 3 rings (SSSR count). The first-order chi connectivity index (χ1) is 9.60. The van der Waals surface area contributed by atoms with Crippen LogP contribution >= 0.6 is 11.8 Å². The molecule has 2 aliphatic rings. The molecule has 0 amide bonds. The summed E-state index contributed by atoms with van der Waals surface area (Å²) in [5.41, 5.74) is 5.46. The van der Waals surface area contributed by atoms with Crippen LogP contribution in [0.2, 0.25) is 0 Å². The molecule has 1 spiro atoms. The van der Waals surface area contributed by atoms with Crippen LogP contribution in [-0.4, -0.2) is 33.2 Å². The highest BCUT2D eigenvalue weighted by Crippen LogP contribution is 2.40. The van der Waals surface area contributed by atoms with E-state index in [0.29, 0.717) is 11.5 Å². The summed E-state index contributed by atoms with van der Waals surface area (Å²) in [6.07, 6.45) is 2.60. The van der Waals surface area contributed by atoms with E-state index in [9.17, 15) is 8.60 Å². The first-order valence-corrected chi connectivity index (χ1v) is 9.14. The quantitative estimate of drug-likeness (QED) is 0.852. The van der Waals surface area contributed by atoms with Gasteiger partial charge in [-0.05, 0) is 43.2 Å².